The number of aliphatic hydroxyl groups is 1. The molecule has 3 rings (SSSR count). The fourth-order valence-corrected chi connectivity index (χ4v) is 2.60. The minimum absolute atomic E-state index is 0.180. The van der Waals surface area contributed by atoms with Crippen molar-refractivity contribution in [2.45, 2.75) is 37.7 Å². The summed E-state index contributed by atoms with van der Waals surface area (Å²) in [5.74, 6) is 0.180. The summed E-state index contributed by atoms with van der Waals surface area (Å²) >= 11 is 0. The van der Waals surface area contributed by atoms with Crippen molar-refractivity contribution < 1.29 is 9.90 Å². The van der Waals surface area contributed by atoms with Crippen LogP contribution < -0.4 is 4.90 Å². The molecule has 0 unspecified atom stereocenters. The van der Waals surface area contributed by atoms with Gasteiger partial charge in [-0.1, -0.05) is 12.1 Å². The summed E-state index contributed by atoms with van der Waals surface area (Å²) in [5, 5.41) is 10.0. The third-order valence-corrected chi connectivity index (χ3v) is 3.92. The highest BCUT2D eigenvalue weighted by molar-refractivity contribution is 5.96. The summed E-state index contributed by atoms with van der Waals surface area (Å²) in [7, 11) is 1.83. The fourth-order valence-electron chi connectivity index (χ4n) is 2.60. The second kappa shape index (κ2) is 3.57. The van der Waals surface area contributed by atoms with E-state index in [0.29, 0.717) is 6.42 Å². The molecule has 1 N–H and O–H groups in total. The number of amides is 1. The molecule has 1 aliphatic heterocycles. The first kappa shape index (κ1) is 10.8. The van der Waals surface area contributed by atoms with Gasteiger partial charge in [0, 0.05) is 25.6 Å². The lowest BCUT2D eigenvalue weighted by molar-refractivity contribution is -0.118. The van der Waals surface area contributed by atoms with E-state index >= 15 is 0 Å². The van der Waals surface area contributed by atoms with E-state index in [1.807, 2.05) is 19.2 Å². The lowest BCUT2D eigenvalue weighted by Crippen LogP contribution is -2.32. The maximum atomic E-state index is 11.6. The van der Waals surface area contributed by atoms with Gasteiger partial charge in [0.15, 0.2) is 0 Å². The van der Waals surface area contributed by atoms with E-state index in [0.717, 1.165) is 31.4 Å². The third kappa shape index (κ3) is 1.84. The predicted octanol–water partition coefficient (Wildman–Crippen LogP) is 1.66. The number of carbonyl (C=O) groups excluding carboxylic acids is 1. The van der Waals surface area contributed by atoms with Crippen LogP contribution in [0.1, 0.15) is 30.4 Å². The fraction of sp³-hybridized carbons (Fsp3) is 0.500. The van der Waals surface area contributed by atoms with Crippen LogP contribution in [0, 0.1) is 0 Å². The van der Waals surface area contributed by atoms with E-state index in [9.17, 15) is 9.90 Å². The Hall–Kier alpha value is -1.35. The molecule has 17 heavy (non-hydrogen) atoms. The maximum absolute atomic E-state index is 11.6. The molecule has 1 aromatic rings. The Kier molecular flexibility index (Phi) is 2.26. The Bertz CT molecular complexity index is 477. The van der Waals surface area contributed by atoms with Gasteiger partial charge in [0.25, 0.3) is 0 Å². The number of carbonyl (C=O) groups is 1. The van der Waals surface area contributed by atoms with Crippen LogP contribution in [0.2, 0.25) is 0 Å². The van der Waals surface area contributed by atoms with E-state index in [-0.39, 0.29) is 5.91 Å². The van der Waals surface area contributed by atoms with Gasteiger partial charge in [0.2, 0.25) is 5.91 Å². The van der Waals surface area contributed by atoms with E-state index in [1.54, 1.807) is 4.90 Å². The smallest absolute Gasteiger partial charge is 0.227 e. The summed E-state index contributed by atoms with van der Waals surface area (Å²) in [6.45, 7) is 0. The maximum Gasteiger partial charge on any atom is 0.227 e. The van der Waals surface area contributed by atoms with Crippen molar-refractivity contribution in [1.29, 1.82) is 0 Å². The Balaban J connectivity index is 1.98. The summed E-state index contributed by atoms with van der Waals surface area (Å²) in [6.07, 6.45) is 3.94. The van der Waals surface area contributed by atoms with Crippen molar-refractivity contribution in [3.63, 3.8) is 0 Å². The molecule has 0 radical (unpaired) electrons. The number of nitrogens with zero attached hydrogens (tertiary/aromatic N) is 1. The first-order chi connectivity index (χ1) is 8.09. The van der Waals surface area contributed by atoms with E-state index in [4.69, 9.17) is 0 Å². The predicted molar refractivity (Wildman–Crippen MR) is 66.1 cm³/mol. The van der Waals surface area contributed by atoms with Crippen LogP contribution in [-0.4, -0.2) is 23.7 Å². The summed E-state index contributed by atoms with van der Waals surface area (Å²) in [5.41, 5.74) is 3.01. The molecule has 90 valence electrons. The average Bonchev–Trinajstić information content (AvgIpc) is 3.02. The molecular formula is C14H17NO2. The number of hydrogen-bond acceptors (Lipinski definition) is 2. The molecule has 1 aromatic carbocycles. The van der Waals surface area contributed by atoms with Gasteiger partial charge in [-0.05, 0) is 36.5 Å². The van der Waals surface area contributed by atoms with Crippen molar-refractivity contribution in [3.05, 3.63) is 29.3 Å². The molecule has 3 nitrogen and oxygen atoms in total. The molecule has 1 fully saturated rings. The Morgan fingerprint density at radius 3 is 2.82 bits per heavy atom. The van der Waals surface area contributed by atoms with Crippen LogP contribution in [-0.2, 0) is 17.6 Å². The highest BCUT2D eigenvalue weighted by Gasteiger charge is 2.41. The molecule has 0 bridgehead atoms. The third-order valence-electron chi connectivity index (χ3n) is 3.92. The van der Waals surface area contributed by atoms with Crippen molar-refractivity contribution in [2.24, 2.45) is 0 Å². The Morgan fingerprint density at radius 2 is 2.12 bits per heavy atom. The summed E-state index contributed by atoms with van der Waals surface area (Å²) in [6, 6.07) is 6.06. The van der Waals surface area contributed by atoms with Gasteiger partial charge in [0.05, 0.1) is 5.60 Å². The molecule has 0 saturated heterocycles. The number of fused-ring (bicyclic) bond motifs is 1. The first-order valence-electron chi connectivity index (χ1n) is 6.19. The first-order valence-corrected chi connectivity index (χ1v) is 6.19. The van der Waals surface area contributed by atoms with E-state index in [2.05, 4.69) is 6.07 Å². The highest BCUT2D eigenvalue weighted by atomic mass is 16.3. The van der Waals surface area contributed by atoms with Gasteiger partial charge in [-0.2, -0.15) is 0 Å². The van der Waals surface area contributed by atoms with Gasteiger partial charge < -0.3 is 10.0 Å². The molecule has 0 aromatic heterocycles. The number of anilines is 1. The van der Waals surface area contributed by atoms with Gasteiger partial charge in [-0.3, -0.25) is 4.79 Å². The lowest BCUT2D eigenvalue weighted by atomic mass is 9.92. The van der Waals surface area contributed by atoms with Gasteiger partial charge in [-0.25, -0.2) is 0 Å². The molecule has 1 heterocycles. The van der Waals surface area contributed by atoms with Crippen molar-refractivity contribution in [1.82, 2.24) is 0 Å². The van der Waals surface area contributed by atoms with E-state index < -0.39 is 5.60 Å². The van der Waals surface area contributed by atoms with E-state index in [1.165, 1.54) is 11.1 Å². The van der Waals surface area contributed by atoms with Crippen LogP contribution >= 0.6 is 0 Å². The van der Waals surface area contributed by atoms with Crippen molar-refractivity contribution >= 4 is 11.6 Å². The quantitative estimate of drug-likeness (QED) is 0.841. The molecule has 1 amide bonds. The van der Waals surface area contributed by atoms with Crippen LogP contribution in [0.4, 0.5) is 5.69 Å². The van der Waals surface area contributed by atoms with Crippen LogP contribution in [0.5, 0.6) is 0 Å². The zero-order valence-corrected chi connectivity index (χ0v) is 10.1. The normalized spacial score (nSPS) is 21.3. The van der Waals surface area contributed by atoms with Gasteiger partial charge in [-0.15, -0.1) is 0 Å². The zero-order chi connectivity index (χ0) is 12.0. The largest absolute Gasteiger partial charge is 0.390 e. The average molecular weight is 231 g/mol. The monoisotopic (exact) mass is 231 g/mol. The number of rotatable bonds is 2. The minimum atomic E-state index is -0.463. The van der Waals surface area contributed by atoms with Crippen molar-refractivity contribution in [3.8, 4) is 0 Å². The molecule has 0 spiro atoms. The molecule has 0 atom stereocenters. The molecule has 2 aliphatic rings. The molecular weight excluding hydrogens is 214 g/mol. The SMILES string of the molecule is CN1C(=O)CCc2c(CC3(O)CC3)cccc21. The second-order valence-electron chi connectivity index (χ2n) is 5.27. The molecule has 3 heteroatoms. The second-order valence-corrected chi connectivity index (χ2v) is 5.27. The zero-order valence-electron chi connectivity index (χ0n) is 10.1. The van der Waals surface area contributed by atoms with Gasteiger partial charge in [0.1, 0.15) is 0 Å². The number of hydrogen-bond donors (Lipinski definition) is 1. The van der Waals surface area contributed by atoms with Crippen LogP contribution in [0.3, 0.4) is 0 Å². The highest BCUT2D eigenvalue weighted by Crippen LogP contribution is 2.40. The standard InChI is InChI=1S/C14H17NO2/c1-15-12-4-2-3-10(9-14(17)7-8-14)11(12)5-6-13(15)16/h2-4,17H,5-9H2,1H3. The summed E-state index contributed by atoms with van der Waals surface area (Å²) < 4.78 is 0. The molecule has 1 aliphatic carbocycles. The topological polar surface area (TPSA) is 40.5 Å². The number of benzene rings is 1. The minimum Gasteiger partial charge on any atom is -0.390 e. The van der Waals surface area contributed by atoms with Crippen LogP contribution in [0.15, 0.2) is 18.2 Å². The Labute approximate surface area is 101 Å². The summed E-state index contributed by atoms with van der Waals surface area (Å²) in [4.78, 5) is 13.4. The van der Waals surface area contributed by atoms with Crippen molar-refractivity contribution in [2.75, 3.05) is 11.9 Å². The van der Waals surface area contributed by atoms with Crippen LogP contribution in [0.25, 0.3) is 0 Å². The Morgan fingerprint density at radius 1 is 1.35 bits per heavy atom. The lowest BCUT2D eigenvalue weighted by Gasteiger charge is -2.28. The molecule has 1 saturated carbocycles. The van der Waals surface area contributed by atoms with Gasteiger partial charge >= 0.3 is 0 Å².